The number of anilines is 2. The van der Waals surface area contributed by atoms with Crippen LogP contribution in [0.2, 0.25) is 0 Å². The third-order valence-corrected chi connectivity index (χ3v) is 7.81. The molecule has 3 heterocycles. The monoisotopic (exact) mass is 715 g/mol. The van der Waals surface area contributed by atoms with Gasteiger partial charge in [-0.15, -0.1) is 0 Å². The molecular weight excluding hydrogens is 680 g/mol. The Morgan fingerprint density at radius 3 is 2.22 bits per heavy atom. The number of hydrogen-bond donors (Lipinski definition) is 2. The van der Waals surface area contributed by atoms with Crippen molar-refractivity contribution in [3.8, 4) is 11.6 Å². The fourth-order valence-electron chi connectivity index (χ4n) is 5.49. The number of unbranched alkanes of at least 4 members (excludes halogenated alkanes) is 1. The Balaban J connectivity index is 1.82. The number of ether oxygens (including phenoxy) is 3. The van der Waals surface area contributed by atoms with Gasteiger partial charge >= 0.3 is 24.4 Å². The van der Waals surface area contributed by atoms with Crippen LogP contribution in [-0.4, -0.2) is 70.2 Å². The molecule has 0 saturated carbocycles. The van der Waals surface area contributed by atoms with Crippen molar-refractivity contribution in [2.75, 3.05) is 36.7 Å². The molecule has 2 N–H and O–H groups in total. The number of aliphatic hydroxyl groups excluding tert-OH is 1. The number of benzene rings is 1. The number of methoxy groups -OCH3 is 1. The number of pyridine rings is 1. The summed E-state index contributed by atoms with van der Waals surface area (Å²) in [6.07, 6.45) is -7.56. The van der Waals surface area contributed by atoms with Gasteiger partial charge in [-0.3, -0.25) is 9.69 Å². The second-order valence-corrected chi connectivity index (χ2v) is 11.2. The number of carbonyl (C=O) groups is 2. The fraction of sp³-hybridized carbons (Fsp3) is 0.469. The van der Waals surface area contributed by atoms with Crippen LogP contribution in [0.3, 0.4) is 0 Å². The van der Waals surface area contributed by atoms with E-state index in [4.69, 9.17) is 24.4 Å². The van der Waals surface area contributed by atoms with Gasteiger partial charge in [-0.2, -0.15) is 26.3 Å². The van der Waals surface area contributed by atoms with Crippen molar-refractivity contribution in [2.45, 2.75) is 70.0 Å². The number of aliphatic carboxylic acids is 1. The molecule has 1 unspecified atom stereocenters. The quantitative estimate of drug-likeness (QED) is 0.141. The molecule has 0 spiro atoms. The average molecular weight is 716 g/mol. The normalized spacial score (nSPS) is 16.1. The second-order valence-electron chi connectivity index (χ2n) is 11.2. The van der Waals surface area contributed by atoms with E-state index in [0.29, 0.717) is 25.0 Å². The zero-order valence-electron chi connectivity index (χ0n) is 27.0. The Morgan fingerprint density at radius 1 is 1.00 bits per heavy atom. The summed E-state index contributed by atoms with van der Waals surface area (Å²) < 4.78 is 99.1. The van der Waals surface area contributed by atoms with E-state index in [1.807, 2.05) is 0 Å². The first-order chi connectivity index (χ1) is 23.7. The van der Waals surface area contributed by atoms with Gasteiger partial charge in [0, 0.05) is 25.1 Å². The fourth-order valence-corrected chi connectivity index (χ4v) is 5.49. The number of aliphatic hydroxyl groups is 1. The van der Waals surface area contributed by atoms with Gasteiger partial charge < -0.3 is 29.3 Å². The molecule has 1 amide bonds. The van der Waals surface area contributed by atoms with Crippen LogP contribution in [-0.2, 0) is 28.4 Å². The predicted molar refractivity (Wildman–Crippen MR) is 165 cm³/mol. The van der Waals surface area contributed by atoms with Gasteiger partial charge in [0.15, 0.2) is 5.75 Å². The van der Waals surface area contributed by atoms with Gasteiger partial charge in [0.2, 0.25) is 11.8 Å². The maximum absolute atomic E-state index is 13.8. The van der Waals surface area contributed by atoms with Gasteiger partial charge in [0.25, 0.3) is 0 Å². The lowest BCUT2D eigenvalue weighted by atomic mass is 9.92. The van der Waals surface area contributed by atoms with E-state index in [1.165, 1.54) is 35.4 Å². The third kappa shape index (κ3) is 9.42. The molecule has 3 aromatic rings. The summed E-state index contributed by atoms with van der Waals surface area (Å²) in [5, 5.41) is 18.0. The number of amides is 1. The van der Waals surface area contributed by atoms with E-state index in [-0.39, 0.29) is 79.7 Å². The van der Waals surface area contributed by atoms with Gasteiger partial charge in [0.05, 0.1) is 61.3 Å². The maximum Gasteiger partial charge on any atom is 0.416 e. The predicted octanol–water partition coefficient (Wildman–Crippen LogP) is 6.42. The number of aromatic nitrogens is 3. The first-order valence-electron chi connectivity index (χ1n) is 15.5. The van der Waals surface area contributed by atoms with Gasteiger partial charge in [-0.1, -0.05) is 6.92 Å². The molecule has 50 heavy (non-hydrogen) atoms. The highest BCUT2D eigenvalue weighted by atomic mass is 19.4. The van der Waals surface area contributed by atoms with Crippen LogP contribution in [0.5, 0.6) is 11.6 Å². The molecule has 0 aliphatic carbocycles. The molecule has 0 saturated heterocycles. The molecule has 2 aromatic heterocycles. The number of nitrogens with zero attached hydrogens (tertiary/aromatic N) is 5. The molecule has 1 aromatic carbocycles. The number of carboxylic acids is 1. The highest BCUT2D eigenvalue weighted by Gasteiger charge is 2.42. The Bertz CT molecular complexity index is 1590. The van der Waals surface area contributed by atoms with Crippen LogP contribution in [0, 0.1) is 0 Å². The molecule has 2 atom stereocenters. The summed E-state index contributed by atoms with van der Waals surface area (Å²) in [5.41, 5.74) is -2.91. The standard InChI is InChI=1S/C32H35F6N5O7/c1-3-22-15-25(28-24(7-8-26(41-28)48-2)43(22)30(47)50-10-5-4-6-27(45)46)42(29-39-16-23(17-40-29)49-11-9-44)18-19-12-20(31(33,34)35)14-21(13-19)32(36,37)38/h7-8,12-14,16-17,22,25,44H,3-6,9-11,15,18H2,1-2H3,(H,45,46)/t22-,25?/m1/s1. The van der Waals surface area contributed by atoms with Crippen LogP contribution in [0.15, 0.2) is 42.7 Å². The first kappa shape index (κ1) is 37.9. The Kier molecular flexibility index (Phi) is 12.3. The van der Waals surface area contributed by atoms with E-state index >= 15 is 0 Å². The molecule has 0 fully saturated rings. The minimum absolute atomic E-state index is 0.0399. The average Bonchev–Trinajstić information content (AvgIpc) is 3.07. The molecule has 1 aliphatic rings. The van der Waals surface area contributed by atoms with Gasteiger partial charge in [0.1, 0.15) is 6.61 Å². The number of alkyl halides is 6. The maximum atomic E-state index is 13.8. The topological polar surface area (TPSA) is 147 Å². The molecule has 1 aliphatic heterocycles. The number of hydrogen-bond acceptors (Lipinski definition) is 10. The summed E-state index contributed by atoms with van der Waals surface area (Å²) in [7, 11) is 1.35. The van der Waals surface area contributed by atoms with E-state index < -0.39 is 54.2 Å². The summed E-state index contributed by atoms with van der Waals surface area (Å²) in [6, 6.07) is 2.78. The molecular formula is C32H35F6N5O7. The van der Waals surface area contributed by atoms with Crippen LogP contribution in [0.4, 0.5) is 42.8 Å². The van der Waals surface area contributed by atoms with Crippen molar-refractivity contribution in [3.63, 3.8) is 0 Å². The SMILES string of the molecule is CC[C@@H]1CC(N(Cc2cc(C(F)(F)F)cc(C(F)(F)F)c2)c2ncc(OCCO)cn2)c2nc(OC)ccc2N1C(=O)OCCCCC(=O)O. The van der Waals surface area contributed by atoms with Crippen molar-refractivity contribution in [2.24, 2.45) is 0 Å². The summed E-state index contributed by atoms with van der Waals surface area (Å²) >= 11 is 0. The number of halogens is 6. The van der Waals surface area contributed by atoms with Crippen LogP contribution in [0.25, 0.3) is 0 Å². The van der Waals surface area contributed by atoms with E-state index in [2.05, 4.69) is 15.0 Å². The number of carboxylic acid groups (broad SMARTS) is 1. The molecule has 0 bridgehead atoms. The van der Waals surface area contributed by atoms with Crippen molar-refractivity contribution in [1.29, 1.82) is 0 Å². The molecule has 4 rings (SSSR count). The first-order valence-corrected chi connectivity index (χ1v) is 15.5. The second kappa shape index (κ2) is 16.2. The van der Waals surface area contributed by atoms with Crippen LogP contribution < -0.4 is 19.3 Å². The number of carbonyl (C=O) groups excluding carboxylic acids is 1. The smallest absolute Gasteiger partial charge is 0.416 e. The minimum Gasteiger partial charge on any atom is -0.488 e. The molecule has 18 heteroatoms. The third-order valence-electron chi connectivity index (χ3n) is 7.81. The van der Waals surface area contributed by atoms with E-state index in [1.54, 1.807) is 13.0 Å². The molecule has 272 valence electrons. The Labute approximate surface area is 282 Å². The van der Waals surface area contributed by atoms with Crippen LogP contribution >= 0.6 is 0 Å². The Hall–Kier alpha value is -4.87. The van der Waals surface area contributed by atoms with Gasteiger partial charge in [-0.25, -0.2) is 19.7 Å². The number of rotatable bonds is 14. The highest BCUT2D eigenvalue weighted by Crippen LogP contribution is 2.44. The lowest BCUT2D eigenvalue weighted by Crippen LogP contribution is -2.48. The Morgan fingerprint density at radius 2 is 1.66 bits per heavy atom. The largest absolute Gasteiger partial charge is 0.488 e. The lowest BCUT2D eigenvalue weighted by molar-refractivity contribution is -0.143. The summed E-state index contributed by atoms with van der Waals surface area (Å²) in [4.78, 5) is 40.2. The van der Waals surface area contributed by atoms with E-state index in [9.17, 15) is 35.9 Å². The lowest BCUT2D eigenvalue weighted by Gasteiger charge is -2.43. The zero-order valence-corrected chi connectivity index (χ0v) is 27.0. The summed E-state index contributed by atoms with van der Waals surface area (Å²) in [5.74, 6) is -0.831. The van der Waals surface area contributed by atoms with Crippen LogP contribution in [0.1, 0.15) is 67.5 Å². The van der Waals surface area contributed by atoms with Gasteiger partial charge in [-0.05, 0) is 55.5 Å². The van der Waals surface area contributed by atoms with Crippen molar-refractivity contribution in [1.82, 2.24) is 15.0 Å². The van der Waals surface area contributed by atoms with Crippen molar-refractivity contribution < 1.29 is 60.4 Å². The molecule has 12 nitrogen and oxygen atoms in total. The summed E-state index contributed by atoms with van der Waals surface area (Å²) in [6.45, 7) is 0.783. The van der Waals surface area contributed by atoms with E-state index in [0.717, 1.165) is 0 Å². The van der Waals surface area contributed by atoms with Crippen molar-refractivity contribution >= 4 is 23.7 Å². The minimum atomic E-state index is -5.09. The molecule has 0 radical (unpaired) electrons. The number of fused-ring (bicyclic) bond motifs is 1. The zero-order chi connectivity index (χ0) is 36.6. The van der Waals surface area contributed by atoms with Crippen molar-refractivity contribution in [3.05, 3.63) is 65.1 Å². The highest BCUT2D eigenvalue weighted by molar-refractivity contribution is 5.90.